The van der Waals surface area contributed by atoms with Gasteiger partial charge in [0.15, 0.2) is 5.78 Å². The molecule has 1 N–H and O–H groups in total. The smallest absolute Gasteiger partial charge is 0.152 e. The predicted octanol–water partition coefficient (Wildman–Crippen LogP) is 4.49. The Morgan fingerprint density at radius 2 is 1.43 bits per heavy atom. The fraction of sp³-hybridized carbons (Fsp3) is 0.381. The van der Waals surface area contributed by atoms with E-state index < -0.39 is 0 Å². The highest BCUT2D eigenvalue weighted by atomic mass is 16.1. The number of Topliss-reactive ketones (excluding diaryl/α,β-unsaturated/α-hetero) is 1. The summed E-state index contributed by atoms with van der Waals surface area (Å²) in [4.78, 5) is 12.4. The Labute approximate surface area is 139 Å². The lowest BCUT2D eigenvalue weighted by atomic mass is 9.94. The normalized spacial score (nSPS) is 12.6. The second kappa shape index (κ2) is 8.07. The third-order valence-electron chi connectivity index (χ3n) is 3.95. The van der Waals surface area contributed by atoms with Gasteiger partial charge in [-0.15, -0.1) is 0 Å². The summed E-state index contributed by atoms with van der Waals surface area (Å²) in [5.74, 6) is 0.334. The van der Waals surface area contributed by atoms with Crippen molar-refractivity contribution < 1.29 is 4.79 Å². The summed E-state index contributed by atoms with van der Waals surface area (Å²) >= 11 is 0. The van der Waals surface area contributed by atoms with Gasteiger partial charge in [-0.25, -0.2) is 0 Å². The first-order valence-electron chi connectivity index (χ1n) is 8.41. The number of rotatable bonds is 7. The molecular weight excluding hydrogens is 282 g/mol. The molecule has 0 aromatic heterocycles. The summed E-state index contributed by atoms with van der Waals surface area (Å²) in [6.07, 6.45) is 0.740. The van der Waals surface area contributed by atoms with Crippen LogP contribution in [0.4, 0.5) is 0 Å². The number of carbonyl (C=O) groups excluding carboxylic acids is 1. The number of nitrogens with one attached hydrogen (secondary N) is 1. The summed E-state index contributed by atoms with van der Waals surface area (Å²) < 4.78 is 0. The van der Waals surface area contributed by atoms with Gasteiger partial charge in [0.05, 0.1) is 6.04 Å². The molecular formula is C21H27NO. The molecule has 0 fully saturated rings. The zero-order valence-corrected chi connectivity index (χ0v) is 14.5. The molecule has 0 radical (unpaired) electrons. The van der Waals surface area contributed by atoms with Crippen molar-refractivity contribution in [3.63, 3.8) is 0 Å². The molecule has 0 bridgehead atoms. The maximum Gasteiger partial charge on any atom is 0.152 e. The fourth-order valence-electron chi connectivity index (χ4n) is 2.75. The zero-order valence-electron chi connectivity index (χ0n) is 14.5. The molecule has 0 aliphatic rings. The van der Waals surface area contributed by atoms with Crippen LogP contribution in [0.5, 0.6) is 0 Å². The van der Waals surface area contributed by atoms with Gasteiger partial charge in [-0.1, -0.05) is 82.3 Å². The van der Waals surface area contributed by atoms with E-state index >= 15 is 0 Å². The average Bonchev–Trinajstić information content (AvgIpc) is 2.54. The van der Waals surface area contributed by atoms with E-state index in [0.29, 0.717) is 6.04 Å². The quantitative estimate of drug-likeness (QED) is 0.816. The number of carbonyl (C=O) groups is 1. The van der Waals surface area contributed by atoms with E-state index in [9.17, 15) is 4.79 Å². The Morgan fingerprint density at radius 1 is 0.870 bits per heavy atom. The minimum absolute atomic E-state index is 0.0508. The molecule has 1 atom stereocenters. The zero-order chi connectivity index (χ0) is 16.8. The van der Waals surface area contributed by atoms with Crippen LogP contribution in [0, 0.1) is 5.92 Å². The minimum Gasteiger partial charge on any atom is -0.305 e. The van der Waals surface area contributed by atoms with Gasteiger partial charge >= 0.3 is 0 Å². The van der Waals surface area contributed by atoms with Gasteiger partial charge in [0.25, 0.3) is 0 Å². The first-order valence-corrected chi connectivity index (χ1v) is 8.41. The van der Waals surface area contributed by atoms with Crippen molar-refractivity contribution >= 4 is 5.78 Å². The van der Waals surface area contributed by atoms with Crippen molar-refractivity contribution in [1.29, 1.82) is 0 Å². The van der Waals surface area contributed by atoms with E-state index in [0.717, 1.165) is 6.42 Å². The molecule has 0 spiro atoms. The second-order valence-electron chi connectivity index (χ2n) is 6.70. The Kier molecular flexibility index (Phi) is 6.12. The predicted molar refractivity (Wildman–Crippen MR) is 97.5 cm³/mol. The summed E-state index contributed by atoms with van der Waals surface area (Å²) in [5.41, 5.74) is 3.61. The van der Waals surface area contributed by atoms with Crippen LogP contribution in [0.3, 0.4) is 0 Å². The van der Waals surface area contributed by atoms with Crippen molar-refractivity contribution in [1.82, 2.24) is 5.32 Å². The number of hydrogen-bond donors (Lipinski definition) is 1. The monoisotopic (exact) mass is 309 g/mol. The Hall–Kier alpha value is -1.93. The molecule has 2 rings (SSSR count). The molecule has 2 nitrogen and oxygen atoms in total. The Balaban J connectivity index is 2.12. The van der Waals surface area contributed by atoms with E-state index in [1.165, 1.54) is 16.7 Å². The SMILES string of the molecule is CC(C)NC(Cc1ccc(-c2ccccc2)cc1)C(=O)C(C)C. The van der Waals surface area contributed by atoms with Gasteiger partial charge in [0.1, 0.15) is 0 Å². The first kappa shape index (κ1) is 17.4. The average molecular weight is 309 g/mol. The molecule has 0 aliphatic carbocycles. The molecule has 0 saturated carbocycles. The molecule has 122 valence electrons. The molecule has 2 heteroatoms. The van der Waals surface area contributed by atoms with Crippen LogP contribution in [0.2, 0.25) is 0 Å². The number of hydrogen-bond acceptors (Lipinski definition) is 2. The lowest BCUT2D eigenvalue weighted by Gasteiger charge is -2.22. The summed E-state index contributed by atoms with van der Waals surface area (Å²) in [5, 5.41) is 3.41. The highest BCUT2D eigenvalue weighted by molar-refractivity contribution is 5.86. The van der Waals surface area contributed by atoms with Crippen LogP contribution < -0.4 is 5.32 Å². The van der Waals surface area contributed by atoms with Crippen molar-refractivity contribution in [3.8, 4) is 11.1 Å². The van der Waals surface area contributed by atoms with Crippen LogP contribution >= 0.6 is 0 Å². The van der Waals surface area contributed by atoms with Gasteiger partial charge in [0, 0.05) is 12.0 Å². The lowest BCUT2D eigenvalue weighted by molar-refractivity contribution is -0.124. The Bertz CT molecular complexity index is 614. The van der Waals surface area contributed by atoms with Crippen LogP contribution in [0.25, 0.3) is 11.1 Å². The molecule has 2 aromatic carbocycles. The fourth-order valence-corrected chi connectivity index (χ4v) is 2.75. The molecule has 0 heterocycles. The largest absolute Gasteiger partial charge is 0.305 e. The van der Waals surface area contributed by atoms with Crippen LogP contribution in [0.15, 0.2) is 54.6 Å². The number of benzene rings is 2. The van der Waals surface area contributed by atoms with Crippen molar-refractivity contribution in [2.75, 3.05) is 0 Å². The maximum atomic E-state index is 12.4. The summed E-state index contributed by atoms with van der Waals surface area (Å²) in [6.45, 7) is 8.10. The first-order chi connectivity index (χ1) is 11.0. The summed E-state index contributed by atoms with van der Waals surface area (Å²) in [6, 6.07) is 19.1. The lowest BCUT2D eigenvalue weighted by Crippen LogP contribution is -2.44. The van der Waals surface area contributed by atoms with E-state index in [2.05, 4.69) is 55.6 Å². The van der Waals surface area contributed by atoms with Crippen molar-refractivity contribution in [3.05, 3.63) is 60.2 Å². The third kappa shape index (κ3) is 5.04. The van der Waals surface area contributed by atoms with Crippen molar-refractivity contribution in [2.45, 2.75) is 46.2 Å². The molecule has 1 unspecified atom stereocenters. The Morgan fingerprint density at radius 3 is 1.96 bits per heavy atom. The van der Waals surface area contributed by atoms with E-state index in [4.69, 9.17) is 0 Å². The summed E-state index contributed by atoms with van der Waals surface area (Å²) in [7, 11) is 0. The van der Waals surface area contributed by atoms with Gasteiger partial charge in [-0.2, -0.15) is 0 Å². The van der Waals surface area contributed by atoms with E-state index in [1.54, 1.807) is 0 Å². The van der Waals surface area contributed by atoms with Gasteiger partial charge in [-0.05, 0) is 23.1 Å². The second-order valence-corrected chi connectivity index (χ2v) is 6.70. The topological polar surface area (TPSA) is 29.1 Å². The standard InChI is InChI=1S/C21H27NO/c1-15(2)21(23)20(22-16(3)4)14-17-10-12-19(13-11-17)18-8-6-5-7-9-18/h5-13,15-16,20,22H,14H2,1-4H3. The number of ketones is 1. The van der Waals surface area contributed by atoms with E-state index in [1.807, 2.05) is 32.0 Å². The molecule has 0 amide bonds. The highest BCUT2D eigenvalue weighted by Crippen LogP contribution is 2.20. The van der Waals surface area contributed by atoms with Gasteiger partial charge in [0.2, 0.25) is 0 Å². The third-order valence-corrected chi connectivity index (χ3v) is 3.95. The van der Waals surface area contributed by atoms with Gasteiger partial charge in [-0.3, -0.25) is 4.79 Å². The van der Waals surface area contributed by atoms with Gasteiger partial charge < -0.3 is 5.32 Å². The van der Waals surface area contributed by atoms with Crippen LogP contribution in [0.1, 0.15) is 33.3 Å². The van der Waals surface area contributed by atoms with Crippen molar-refractivity contribution in [2.24, 2.45) is 5.92 Å². The van der Waals surface area contributed by atoms with E-state index in [-0.39, 0.29) is 17.7 Å². The van der Waals surface area contributed by atoms with Crippen LogP contribution in [-0.2, 0) is 11.2 Å². The molecule has 0 aliphatic heterocycles. The maximum absolute atomic E-state index is 12.4. The highest BCUT2D eigenvalue weighted by Gasteiger charge is 2.21. The molecule has 23 heavy (non-hydrogen) atoms. The van der Waals surface area contributed by atoms with Crippen LogP contribution in [-0.4, -0.2) is 17.9 Å². The molecule has 2 aromatic rings. The molecule has 0 saturated heterocycles. The minimum atomic E-state index is -0.113.